The third-order valence-corrected chi connectivity index (χ3v) is 6.20. The second-order valence-corrected chi connectivity index (χ2v) is 8.65. The number of carboxylic acid groups (broad SMARTS) is 1. The lowest BCUT2D eigenvalue weighted by Crippen LogP contribution is -2.37. The number of anilines is 1. The highest BCUT2D eigenvalue weighted by molar-refractivity contribution is 6.30. The number of aromatic carboxylic acids is 1. The third kappa shape index (κ3) is 5.66. The number of carboxylic acids is 1. The van der Waals surface area contributed by atoms with Gasteiger partial charge in [0, 0.05) is 30.3 Å². The molecule has 0 aliphatic heterocycles. The quantitative estimate of drug-likeness (QED) is 0.371. The van der Waals surface area contributed by atoms with Crippen molar-refractivity contribution < 1.29 is 19.7 Å². The van der Waals surface area contributed by atoms with Crippen molar-refractivity contribution in [1.29, 1.82) is 0 Å². The number of fused-ring (bicyclic) bond motifs is 1. The van der Waals surface area contributed by atoms with E-state index in [2.05, 4.69) is 16.7 Å². The molecule has 0 saturated carbocycles. The van der Waals surface area contributed by atoms with E-state index >= 15 is 0 Å². The number of ether oxygens (including phenoxy) is 1. The average Bonchev–Trinajstić information content (AvgIpc) is 2.82. The van der Waals surface area contributed by atoms with Crippen molar-refractivity contribution in [3.63, 3.8) is 0 Å². The Hall–Kier alpha value is -3.06. The molecule has 0 bridgehead atoms. The van der Waals surface area contributed by atoms with Gasteiger partial charge in [-0.15, -0.1) is 0 Å². The summed E-state index contributed by atoms with van der Waals surface area (Å²) >= 11 is 6.03. The third-order valence-electron chi connectivity index (χ3n) is 5.97. The molecule has 7 heteroatoms. The van der Waals surface area contributed by atoms with Crippen molar-refractivity contribution in [1.82, 2.24) is 5.32 Å². The zero-order valence-corrected chi connectivity index (χ0v) is 19.1. The molecule has 0 saturated heterocycles. The van der Waals surface area contributed by atoms with Crippen LogP contribution in [0.15, 0.2) is 60.7 Å². The van der Waals surface area contributed by atoms with Gasteiger partial charge in [0.2, 0.25) is 0 Å². The summed E-state index contributed by atoms with van der Waals surface area (Å²) in [7, 11) is 1.68. The second-order valence-electron chi connectivity index (χ2n) is 8.21. The SMILES string of the molecule is CNc1ccc(Oc2ccc3c(c2)C[C@@H](NC[C@H](O)c2cccc(Cl)c2)CC3)cc1C(=O)O. The minimum Gasteiger partial charge on any atom is -0.478 e. The molecule has 0 radical (unpaired) electrons. The van der Waals surface area contributed by atoms with E-state index in [1.807, 2.05) is 24.3 Å². The molecule has 4 rings (SSSR count). The maximum absolute atomic E-state index is 11.5. The normalized spacial score (nSPS) is 16.0. The molecule has 6 nitrogen and oxygen atoms in total. The van der Waals surface area contributed by atoms with Gasteiger partial charge in [-0.1, -0.05) is 29.8 Å². The van der Waals surface area contributed by atoms with Gasteiger partial charge >= 0.3 is 5.97 Å². The van der Waals surface area contributed by atoms with Crippen molar-refractivity contribution >= 4 is 23.3 Å². The Kier molecular flexibility index (Phi) is 7.18. The number of nitrogens with one attached hydrogen (secondary N) is 2. The first-order valence-electron chi connectivity index (χ1n) is 10.9. The van der Waals surface area contributed by atoms with Crippen LogP contribution < -0.4 is 15.4 Å². The van der Waals surface area contributed by atoms with Crippen LogP contribution >= 0.6 is 11.6 Å². The lowest BCUT2D eigenvalue weighted by atomic mass is 9.88. The molecule has 0 fully saturated rings. The number of aryl methyl sites for hydroxylation is 1. The fourth-order valence-corrected chi connectivity index (χ4v) is 4.40. The van der Waals surface area contributed by atoms with E-state index in [1.54, 1.807) is 31.3 Å². The zero-order chi connectivity index (χ0) is 23.4. The molecule has 1 aliphatic carbocycles. The molecule has 3 aromatic rings. The van der Waals surface area contributed by atoms with Gasteiger partial charge in [-0.2, -0.15) is 0 Å². The average molecular weight is 467 g/mol. The van der Waals surface area contributed by atoms with Crippen LogP contribution in [0.1, 0.15) is 39.6 Å². The zero-order valence-electron chi connectivity index (χ0n) is 18.3. The van der Waals surface area contributed by atoms with Crippen LogP contribution in [-0.4, -0.2) is 35.8 Å². The highest BCUT2D eigenvalue weighted by Crippen LogP contribution is 2.30. The van der Waals surface area contributed by atoms with E-state index in [-0.39, 0.29) is 11.6 Å². The van der Waals surface area contributed by atoms with Crippen molar-refractivity contribution in [2.45, 2.75) is 31.4 Å². The first-order valence-corrected chi connectivity index (χ1v) is 11.3. The van der Waals surface area contributed by atoms with Crippen LogP contribution in [0.2, 0.25) is 5.02 Å². The molecule has 1 aliphatic rings. The highest BCUT2D eigenvalue weighted by Gasteiger charge is 2.20. The van der Waals surface area contributed by atoms with Crippen molar-refractivity contribution in [3.05, 3.63) is 87.9 Å². The molecule has 0 unspecified atom stereocenters. The van der Waals surface area contributed by atoms with Gasteiger partial charge < -0.3 is 25.6 Å². The number of rotatable bonds is 8. The van der Waals surface area contributed by atoms with Crippen molar-refractivity contribution in [3.8, 4) is 11.5 Å². The summed E-state index contributed by atoms with van der Waals surface area (Å²) < 4.78 is 5.97. The van der Waals surface area contributed by atoms with E-state index in [4.69, 9.17) is 16.3 Å². The second kappa shape index (κ2) is 10.3. The molecule has 2 atom stereocenters. The number of hydrogen-bond donors (Lipinski definition) is 4. The monoisotopic (exact) mass is 466 g/mol. The highest BCUT2D eigenvalue weighted by atomic mass is 35.5. The molecule has 0 amide bonds. The molecule has 3 aromatic carbocycles. The number of carbonyl (C=O) groups is 1. The molecular weight excluding hydrogens is 440 g/mol. The van der Waals surface area contributed by atoms with Crippen LogP contribution in [0.5, 0.6) is 11.5 Å². The molecule has 4 N–H and O–H groups in total. The maximum atomic E-state index is 11.5. The summed E-state index contributed by atoms with van der Waals surface area (Å²) in [6, 6.07) is 18.5. The van der Waals surface area contributed by atoms with E-state index in [9.17, 15) is 15.0 Å². The minimum absolute atomic E-state index is 0.162. The van der Waals surface area contributed by atoms with Gasteiger partial charge in [-0.05, 0) is 78.4 Å². The Morgan fingerprint density at radius 2 is 1.91 bits per heavy atom. The molecule has 0 heterocycles. The predicted molar refractivity (Wildman–Crippen MR) is 130 cm³/mol. The smallest absolute Gasteiger partial charge is 0.337 e. The Morgan fingerprint density at radius 3 is 2.67 bits per heavy atom. The number of aliphatic hydroxyl groups excluding tert-OH is 1. The summed E-state index contributed by atoms with van der Waals surface area (Å²) in [5.74, 6) is 0.132. The first kappa shape index (κ1) is 23.1. The number of halogens is 1. The van der Waals surface area contributed by atoms with Crippen LogP contribution in [0.25, 0.3) is 0 Å². The molecule has 33 heavy (non-hydrogen) atoms. The van der Waals surface area contributed by atoms with Gasteiger partial charge in [0.15, 0.2) is 0 Å². The standard InChI is InChI=1S/C26H27ClN2O4/c1-28-24-10-9-22(14-23(24)26(31)32)33-21-8-6-16-5-7-20(12-18(16)13-21)29-15-25(30)17-3-2-4-19(27)11-17/h2-4,6,8-11,13-14,20,25,28-30H,5,7,12,15H2,1H3,(H,31,32)/t20-,25-/m0/s1. The lowest BCUT2D eigenvalue weighted by Gasteiger charge is -2.27. The molecular formula is C26H27ClN2O4. The Labute approximate surface area is 198 Å². The maximum Gasteiger partial charge on any atom is 0.337 e. The lowest BCUT2D eigenvalue weighted by molar-refractivity contribution is 0.0697. The van der Waals surface area contributed by atoms with E-state index in [0.29, 0.717) is 28.8 Å². The van der Waals surface area contributed by atoms with E-state index in [0.717, 1.165) is 24.8 Å². The van der Waals surface area contributed by atoms with Crippen LogP contribution in [0.3, 0.4) is 0 Å². The Morgan fingerprint density at radius 1 is 1.12 bits per heavy atom. The van der Waals surface area contributed by atoms with E-state index < -0.39 is 12.1 Å². The summed E-state index contributed by atoms with van der Waals surface area (Å²) in [4.78, 5) is 11.5. The number of aliphatic hydroxyl groups is 1. The molecule has 0 aromatic heterocycles. The fraction of sp³-hybridized carbons (Fsp3) is 0.269. The Balaban J connectivity index is 1.41. The van der Waals surface area contributed by atoms with E-state index in [1.165, 1.54) is 17.2 Å². The molecule has 0 spiro atoms. The summed E-state index contributed by atoms with van der Waals surface area (Å²) in [6.45, 7) is 0.451. The minimum atomic E-state index is -1.01. The molecule has 172 valence electrons. The van der Waals surface area contributed by atoms with Gasteiger partial charge in [-0.25, -0.2) is 4.79 Å². The van der Waals surface area contributed by atoms with Gasteiger partial charge in [0.25, 0.3) is 0 Å². The van der Waals surface area contributed by atoms with Crippen LogP contribution in [0, 0.1) is 0 Å². The van der Waals surface area contributed by atoms with Crippen molar-refractivity contribution in [2.75, 3.05) is 18.9 Å². The summed E-state index contributed by atoms with van der Waals surface area (Å²) in [6.07, 6.45) is 2.14. The van der Waals surface area contributed by atoms with Crippen LogP contribution in [-0.2, 0) is 12.8 Å². The Bertz CT molecular complexity index is 1150. The summed E-state index contributed by atoms with van der Waals surface area (Å²) in [5.41, 5.74) is 3.97. The predicted octanol–water partition coefficient (Wildman–Crippen LogP) is 5.05. The number of hydrogen-bond acceptors (Lipinski definition) is 5. The van der Waals surface area contributed by atoms with Crippen LogP contribution in [0.4, 0.5) is 5.69 Å². The summed E-state index contributed by atoms with van der Waals surface area (Å²) in [5, 5.41) is 26.9. The van der Waals surface area contributed by atoms with Gasteiger partial charge in [-0.3, -0.25) is 0 Å². The van der Waals surface area contributed by atoms with Crippen molar-refractivity contribution in [2.24, 2.45) is 0 Å². The first-order chi connectivity index (χ1) is 15.9. The van der Waals surface area contributed by atoms with Gasteiger partial charge in [0.1, 0.15) is 11.5 Å². The largest absolute Gasteiger partial charge is 0.478 e. The number of benzene rings is 3. The van der Waals surface area contributed by atoms with Gasteiger partial charge in [0.05, 0.1) is 11.7 Å². The topological polar surface area (TPSA) is 90.8 Å². The fourth-order valence-electron chi connectivity index (χ4n) is 4.20.